The fraction of sp³-hybridized carbons (Fsp3) is 0.455. The highest BCUT2D eigenvalue weighted by molar-refractivity contribution is 7.89. The van der Waals surface area contributed by atoms with Crippen LogP contribution < -0.4 is 10.0 Å². The topological polar surface area (TPSA) is 116 Å². The first-order chi connectivity index (χ1) is 9.29. The van der Waals surface area contributed by atoms with Gasteiger partial charge < -0.3 is 9.64 Å². The summed E-state index contributed by atoms with van der Waals surface area (Å²) >= 11 is 0. The quantitative estimate of drug-likeness (QED) is 0.640. The maximum atomic E-state index is 11.6. The second-order valence-corrected chi connectivity index (χ2v) is 6.11. The van der Waals surface area contributed by atoms with Crippen molar-refractivity contribution in [2.24, 2.45) is 5.14 Å². The lowest BCUT2D eigenvalue weighted by Crippen LogP contribution is -2.41. The number of hydrogen-bond acceptors (Lipinski definition) is 6. The minimum atomic E-state index is -4.04. The van der Waals surface area contributed by atoms with E-state index in [1.54, 1.807) is 4.90 Å². The molecular weight excluding hydrogens is 286 g/mol. The number of nitrogens with zero attached hydrogens (tertiary/aromatic N) is 2. The van der Waals surface area contributed by atoms with Gasteiger partial charge in [0.1, 0.15) is 4.90 Å². The van der Waals surface area contributed by atoms with Crippen LogP contribution in [0.3, 0.4) is 0 Å². The zero-order valence-corrected chi connectivity index (χ0v) is 11.7. The van der Waals surface area contributed by atoms with Crippen molar-refractivity contribution in [1.82, 2.24) is 0 Å². The predicted octanol–water partition coefficient (Wildman–Crippen LogP) is 0.467. The van der Waals surface area contributed by atoms with Crippen LogP contribution >= 0.6 is 0 Å². The Hall–Kier alpha value is -1.71. The number of nitrogens with two attached hydrogens (primary N) is 1. The predicted molar refractivity (Wildman–Crippen MR) is 72.1 cm³/mol. The van der Waals surface area contributed by atoms with Crippen molar-refractivity contribution in [3.63, 3.8) is 0 Å². The Labute approximate surface area is 116 Å². The Bertz CT molecular complexity index is 631. The molecule has 0 amide bonds. The second kappa shape index (κ2) is 5.35. The van der Waals surface area contributed by atoms with Gasteiger partial charge in [-0.15, -0.1) is 0 Å². The van der Waals surface area contributed by atoms with E-state index >= 15 is 0 Å². The third kappa shape index (κ3) is 3.06. The molecule has 110 valence electrons. The molecule has 1 saturated heterocycles. The molecule has 1 unspecified atom stereocenters. The summed E-state index contributed by atoms with van der Waals surface area (Å²) in [5, 5.41) is 15.9. The highest BCUT2D eigenvalue weighted by Gasteiger charge is 2.25. The number of nitro benzene ring substituents is 1. The van der Waals surface area contributed by atoms with Crippen molar-refractivity contribution in [1.29, 1.82) is 0 Å². The number of anilines is 1. The molecule has 20 heavy (non-hydrogen) atoms. The Morgan fingerprint density at radius 2 is 2.20 bits per heavy atom. The summed E-state index contributed by atoms with van der Waals surface area (Å²) in [7, 11) is -4.04. The van der Waals surface area contributed by atoms with Gasteiger partial charge in [0, 0.05) is 25.2 Å². The Morgan fingerprint density at radius 3 is 2.75 bits per heavy atom. The first kappa shape index (κ1) is 14.7. The zero-order valence-electron chi connectivity index (χ0n) is 10.9. The average Bonchev–Trinajstić information content (AvgIpc) is 2.37. The molecule has 8 nitrogen and oxygen atoms in total. The summed E-state index contributed by atoms with van der Waals surface area (Å²) in [5.74, 6) is 0. The van der Waals surface area contributed by atoms with Gasteiger partial charge in [0.15, 0.2) is 0 Å². The number of benzene rings is 1. The molecular formula is C11H15N3O5S. The van der Waals surface area contributed by atoms with E-state index in [0.717, 1.165) is 6.07 Å². The van der Waals surface area contributed by atoms with E-state index in [4.69, 9.17) is 9.88 Å². The fourth-order valence-electron chi connectivity index (χ4n) is 2.14. The third-order valence-electron chi connectivity index (χ3n) is 3.04. The molecule has 0 aromatic heterocycles. The van der Waals surface area contributed by atoms with Crippen molar-refractivity contribution in [3.8, 4) is 0 Å². The van der Waals surface area contributed by atoms with Crippen LogP contribution in [0.25, 0.3) is 0 Å². The van der Waals surface area contributed by atoms with Crippen LogP contribution in [0.5, 0.6) is 0 Å². The van der Waals surface area contributed by atoms with E-state index in [-0.39, 0.29) is 16.7 Å². The monoisotopic (exact) mass is 301 g/mol. The highest BCUT2D eigenvalue weighted by atomic mass is 32.2. The van der Waals surface area contributed by atoms with Gasteiger partial charge >= 0.3 is 0 Å². The van der Waals surface area contributed by atoms with Gasteiger partial charge in [-0.2, -0.15) is 0 Å². The summed E-state index contributed by atoms with van der Waals surface area (Å²) in [5.41, 5.74) is 0.0623. The van der Waals surface area contributed by atoms with Crippen molar-refractivity contribution in [2.45, 2.75) is 17.9 Å². The smallest absolute Gasteiger partial charge is 0.270 e. The maximum absolute atomic E-state index is 11.6. The van der Waals surface area contributed by atoms with Crippen LogP contribution in [0.15, 0.2) is 23.1 Å². The first-order valence-corrected chi connectivity index (χ1v) is 7.51. The van der Waals surface area contributed by atoms with Gasteiger partial charge in [-0.3, -0.25) is 10.1 Å². The van der Waals surface area contributed by atoms with E-state index < -0.39 is 14.9 Å². The third-order valence-corrected chi connectivity index (χ3v) is 3.98. The number of non-ortho nitro benzene ring substituents is 1. The number of ether oxygens (including phenoxy) is 1. The molecule has 0 aliphatic carbocycles. The van der Waals surface area contributed by atoms with Crippen molar-refractivity contribution < 1.29 is 18.1 Å². The van der Waals surface area contributed by atoms with Crippen LogP contribution in [-0.4, -0.2) is 39.1 Å². The van der Waals surface area contributed by atoms with Crippen LogP contribution in [0.1, 0.15) is 6.92 Å². The molecule has 0 saturated carbocycles. The number of primary sulfonamides is 1. The van der Waals surface area contributed by atoms with Gasteiger partial charge in [0.05, 0.1) is 23.3 Å². The van der Waals surface area contributed by atoms with E-state index in [2.05, 4.69) is 0 Å². The molecule has 1 heterocycles. The summed E-state index contributed by atoms with van der Waals surface area (Å²) in [6.45, 7) is 3.33. The molecule has 0 spiro atoms. The first-order valence-electron chi connectivity index (χ1n) is 5.97. The lowest BCUT2D eigenvalue weighted by molar-refractivity contribution is -0.385. The van der Waals surface area contributed by atoms with Crippen LogP contribution in [0.4, 0.5) is 11.4 Å². The van der Waals surface area contributed by atoms with Crippen LogP contribution in [0, 0.1) is 10.1 Å². The summed E-state index contributed by atoms with van der Waals surface area (Å²) in [6.07, 6.45) is -0.0488. The molecule has 1 aliphatic heterocycles. The molecule has 1 aliphatic rings. The minimum Gasteiger partial charge on any atom is -0.375 e. The molecule has 2 rings (SSSR count). The fourth-order valence-corrected chi connectivity index (χ4v) is 2.92. The Balaban J connectivity index is 2.49. The molecule has 1 atom stereocenters. The Morgan fingerprint density at radius 1 is 1.50 bits per heavy atom. The largest absolute Gasteiger partial charge is 0.375 e. The zero-order chi connectivity index (χ0) is 14.9. The number of nitro groups is 1. The Kier molecular flexibility index (Phi) is 3.93. The molecule has 0 bridgehead atoms. The van der Waals surface area contributed by atoms with Gasteiger partial charge in [-0.1, -0.05) is 0 Å². The van der Waals surface area contributed by atoms with Gasteiger partial charge in [-0.25, -0.2) is 13.6 Å². The van der Waals surface area contributed by atoms with Crippen molar-refractivity contribution in [3.05, 3.63) is 28.3 Å². The maximum Gasteiger partial charge on any atom is 0.270 e. The second-order valence-electron chi connectivity index (χ2n) is 4.58. The minimum absolute atomic E-state index is 0.0488. The molecule has 9 heteroatoms. The molecule has 2 N–H and O–H groups in total. The molecule has 1 aromatic carbocycles. The van der Waals surface area contributed by atoms with Crippen molar-refractivity contribution >= 4 is 21.4 Å². The number of sulfonamides is 1. The number of morpholine rings is 1. The van der Waals surface area contributed by atoms with E-state index in [1.165, 1.54) is 12.1 Å². The molecule has 1 fully saturated rings. The van der Waals surface area contributed by atoms with Crippen LogP contribution in [-0.2, 0) is 14.8 Å². The van der Waals surface area contributed by atoms with E-state index in [9.17, 15) is 18.5 Å². The summed E-state index contributed by atoms with van der Waals surface area (Å²) in [4.78, 5) is 11.7. The standard InChI is InChI=1S/C11H15N3O5S/c1-8-7-13(4-5-19-8)10-3-2-9(14(15)16)6-11(10)20(12,17)18/h2-3,6,8H,4-5,7H2,1H3,(H2,12,17,18). The van der Waals surface area contributed by atoms with Crippen molar-refractivity contribution in [2.75, 3.05) is 24.6 Å². The summed E-state index contributed by atoms with van der Waals surface area (Å²) in [6, 6.07) is 3.67. The van der Waals surface area contributed by atoms with Crippen LogP contribution in [0.2, 0.25) is 0 Å². The highest BCUT2D eigenvalue weighted by Crippen LogP contribution is 2.29. The normalized spacial score (nSPS) is 19.9. The summed E-state index contributed by atoms with van der Waals surface area (Å²) < 4.78 is 28.7. The number of hydrogen-bond donors (Lipinski definition) is 1. The molecule has 1 aromatic rings. The SMILES string of the molecule is CC1CN(c2ccc([N+](=O)[O-])cc2S(N)(=O)=O)CCO1. The van der Waals surface area contributed by atoms with E-state index in [1.807, 2.05) is 6.92 Å². The van der Waals surface area contributed by atoms with Gasteiger partial charge in [0.2, 0.25) is 10.0 Å². The lowest BCUT2D eigenvalue weighted by atomic mass is 10.2. The van der Waals surface area contributed by atoms with Gasteiger partial charge in [0.25, 0.3) is 5.69 Å². The average molecular weight is 301 g/mol. The van der Waals surface area contributed by atoms with Gasteiger partial charge in [-0.05, 0) is 13.0 Å². The molecule has 0 radical (unpaired) electrons. The van der Waals surface area contributed by atoms with E-state index in [0.29, 0.717) is 25.4 Å². The number of rotatable bonds is 3. The lowest BCUT2D eigenvalue weighted by Gasteiger charge is -2.33.